The maximum atomic E-state index is 5.78. The van der Waals surface area contributed by atoms with E-state index in [1.807, 2.05) is 19.2 Å². The van der Waals surface area contributed by atoms with Crippen molar-refractivity contribution in [1.29, 1.82) is 0 Å². The zero-order chi connectivity index (χ0) is 15.8. The van der Waals surface area contributed by atoms with E-state index in [-0.39, 0.29) is 0 Å². The van der Waals surface area contributed by atoms with Gasteiger partial charge < -0.3 is 15.2 Å². The van der Waals surface area contributed by atoms with Crippen LogP contribution < -0.4 is 10.6 Å². The molecule has 6 heteroatoms. The highest BCUT2D eigenvalue weighted by Gasteiger charge is 2.27. The molecule has 4 rings (SSSR count). The predicted octanol–water partition coefficient (Wildman–Crippen LogP) is 2.36. The van der Waals surface area contributed by atoms with E-state index in [9.17, 15) is 0 Å². The summed E-state index contributed by atoms with van der Waals surface area (Å²) < 4.78 is 2.38. The van der Waals surface area contributed by atoms with Crippen LogP contribution >= 0.6 is 0 Å². The van der Waals surface area contributed by atoms with Crippen LogP contribution in [0.5, 0.6) is 0 Å². The van der Waals surface area contributed by atoms with Gasteiger partial charge >= 0.3 is 0 Å². The van der Waals surface area contributed by atoms with E-state index in [0.29, 0.717) is 11.9 Å². The average Bonchev–Trinajstić information content (AvgIpc) is 3.22. The molecule has 0 spiro atoms. The number of nitrogens with two attached hydrogens (primary N) is 1. The minimum Gasteiger partial charge on any atom is -0.368 e. The Kier molecular flexibility index (Phi) is 3.67. The van der Waals surface area contributed by atoms with Crippen LogP contribution in [0, 0.1) is 12.8 Å². The summed E-state index contributed by atoms with van der Waals surface area (Å²) in [5.74, 6) is 4.03. The van der Waals surface area contributed by atoms with Gasteiger partial charge in [0.2, 0.25) is 5.95 Å². The van der Waals surface area contributed by atoms with E-state index in [2.05, 4.69) is 30.6 Å². The summed E-state index contributed by atoms with van der Waals surface area (Å²) in [7, 11) is 0. The van der Waals surface area contributed by atoms with Gasteiger partial charge in [0.05, 0.1) is 0 Å². The summed E-state index contributed by atoms with van der Waals surface area (Å²) >= 11 is 0. The molecule has 2 N–H and O–H groups in total. The number of aromatic nitrogens is 4. The molecule has 3 heterocycles. The van der Waals surface area contributed by atoms with Gasteiger partial charge in [-0.3, -0.25) is 0 Å². The van der Waals surface area contributed by atoms with Crippen LogP contribution in [0.1, 0.15) is 43.1 Å². The summed E-state index contributed by atoms with van der Waals surface area (Å²) in [6, 6.07) is 2.02. The first kappa shape index (κ1) is 14.5. The molecule has 0 unspecified atom stereocenters. The Morgan fingerprint density at radius 2 is 1.96 bits per heavy atom. The Hall–Kier alpha value is -2.11. The van der Waals surface area contributed by atoms with Crippen LogP contribution in [0.4, 0.5) is 11.8 Å². The Morgan fingerprint density at radius 1 is 1.17 bits per heavy atom. The van der Waals surface area contributed by atoms with Gasteiger partial charge in [0.1, 0.15) is 11.6 Å². The van der Waals surface area contributed by atoms with Crippen molar-refractivity contribution in [2.45, 2.75) is 45.1 Å². The minimum absolute atomic E-state index is 0.363. The van der Waals surface area contributed by atoms with Gasteiger partial charge in [0.15, 0.2) is 0 Å². The van der Waals surface area contributed by atoms with Crippen LogP contribution in [-0.2, 0) is 6.54 Å². The lowest BCUT2D eigenvalue weighted by Gasteiger charge is -2.32. The van der Waals surface area contributed by atoms with Crippen molar-refractivity contribution in [2.75, 3.05) is 23.7 Å². The van der Waals surface area contributed by atoms with Gasteiger partial charge in [0.25, 0.3) is 0 Å². The Labute approximate surface area is 136 Å². The SMILES string of the molecule is Cc1cc(N2CCC(c3nccn3CC3CC3)CC2)nc(N)n1. The number of rotatable bonds is 4. The summed E-state index contributed by atoms with van der Waals surface area (Å²) in [6.07, 6.45) is 9.09. The third-order valence-corrected chi connectivity index (χ3v) is 4.94. The average molecular weight is 312 g/mol. The largest absolute Gasteiger partial charge is 0.368 e. The lowest BCUT2D eigenvalue weighted by Crippen LogP contribution is -2.34. The number of aryl methyl sites for hydroxylation is 1. The predicted molar refractivity (Wildman–Crippen MR) is 90.3 cm³/mol. The molecule has 1 saturated carbocycles. The first-order chi connectivity index (χ1) is 11.2. The molecule has 2 aliphatic rings. The number of nitrogens with zero attached hydrogens (tertiary/aromatic N) is 5. The van der Waals surface area contributed by atoms with E-state index in [0.717, 1.165) is 49.9 Å². The highest BCUT2D eigenvalue weighted by atomic mass is 15.2. The van der Waals surface area contributed by atoms with Crippen molar-refractivity contribution in [1.82, 2.24) is 19.5 Å². The van der Waals surface area contributed by atoms with Crippen molar-refractivity contribution in [3.63, 3.8) is 0 Å². The molecule has 0 radical (unpaired) electrons. The van der Waals surface area contributed by atoms with Gasteiger partial charge in [-0.1, -0.05) is 0 Å². The fourth-order valence-corrected chi connectivity index (χ4v) is 3.52. The highest BCUT2D eigenvalue weighted by molar-refractivity contribution is 5.43. The minimum atomic E-state index is 0.363. The van der Waals surface area contributed by atoms with Crippen LogP contribution in [0.2, 0.25) is 0 Å². The first-order valence-electron chi connectivity index (χ1n) is 8.56. The molecule has 1 aliphatic carbocycles. The number of anilines is 2. The van der Waals surface area contributed by atoms with Crippen molar-refractivity contribution < 1.29 is 0 Å². The number of hydrogen-bond donors (Lipinski definition) is 1. The molecule has 0 amide bonds. The second-order valence-corrected chi connectivity index (χ2v) is 6.87. The van der Waals surface area contributed by atoms with Crippen molar-refractivity contribution >= 4 is 11.8 Å². The molecule has 2 fully saturated rings. The van der Waals surface area contributed by atoms with Crippen LogP contribution in [0.15, 0.2) is 18.5 Å². The Bertz CT molecular complexity index is 662. The Balaban J connectivity index is 1.43. The smallest absolute Gasteiger partial charge is 0.222 e. The van der Waals surface area contributed by atoms with Crippen LogP contribution in [-0.4, -0.2) is 32.6 Å². The van der Waals surface area contributed by atoms with Gasteiger partial charge in [-0.05, 0) is 38.5 Å². The molecule has 0 aromatic carbocycles. The maximum absolute atomic E-state index is 5.78. The molecule has 6 nitrogen and oxygen atoms in total. The molecule has 1 aliphatic heterocycles. The zero-order valence-corrected chi connectivity index (χ0v) is 13.6. The number of nitrogen functional groups attached to an aromatic ring is 1. The summed E-state index contributed by atoms with van der Waals surface area (Å²) in [5.41, 5.74) is 6.71. The third-order valence-electron chi connectivity index (χ3n) is 4.94. The Morgan fingerprint density at radius 3 is 2.65 bits per heavy atom. The molecular weight excluding hydrogens is 288 g/mol. The van der Waals surface area contributed by atoms with Crippen molar-refractivity contribution in [2.24, 2.45) is 5.92 Å². The van der Waals surface area contributed by atoms with Gasteiger partial charge in [-0.2, -0.15) is 4.98 Å². The highest BCUT2D eigenvalue weighted by Crippen LogP contribution is 2.34. The molecule has 2 aromatic rings. The quantitative estimate of drug-likeness (QED) is 0.938. The van der Waals surface area contributed by atoms with Gasteiger partial charge in [-0.15, -0.1) is 0 Å². The number of imidazole rings is 1. The molecular formula is C17H24N6. The fraction of sp³-hybridized carbons (Fsp3) is 0.588. The summed E-state index contributed by atoms with van der Waals surface area (Å²) in [5, 5.41) is 0. The monoisotopic (exact) mass is 312 g/mol. The first-order valence-corrected chi connectivity index (χ1v) is 8.56. The van der Waals surface area contributed by atoms with E-state index >= 15 is 0 Å². The normalized spacial score (nSPS) is 19.3. The van der Waals surface area contributed by atoms with Crippen molar-refractivity contribution in [3.8, 4) is 0 Å². The van der Waals surface area contributed by atoms with E-state index in [4.69, 9.17) is 5.73 Å². The topological polar surface area (TPSA) is 72.9 Å². The number of hydrogen-bond acceptors (Lipinski definition) is 5. The molecule has 2 aromatic heterocycles. The second-order valence-electron chi connectivity index (χ2n) is 6.87. The standard InChI is InChI=1S/C17H24N6/c1-12-10-15(21-17(18)20-12)22-7-4-14(5-8-22)16-19-6-9-23(16)11-13-2-3-13/h6,9-10,13-14H,2-5,7-8,11H2,1H3,(H2,18,20,21). The molecule has 23 heavy (non-hydrogen) atoms. The molecule has 0 bridgehead atoms. The second kappa shape index (κ2) is 5.83. The van der Waals surface area contributed by atoms with Crippen molar-refractivity contribution in [3.05, 3.63) is 30.0 Å². The zero-order valence-electron chi connectivity index (χ0n) is 13.6. The number of piperidine rings is 1. The molecule has 0 atom stereocenters. The van der Waals surface area contributed by atoms with E-state index in [1.54, 1.807) is 0 Å². The lowest BCUT2D eigenvalue weighted by atomic mass is 9.96. The third kappa shape index (κ3) is 3.16. The van der Waals surface area contributed by atoms with Crippen LogP contribution in [0.25, 0.3) is 0 Å². The van der Waals surface area contributed by atoms with E-state index in [1.165, 1.54) is 18.7 Å². The molecule has 1 saturated heterocycles. The fourth-order valence-electron chi connectivity index (χ4n) is 3.52. The summed E-state index contributed by atoms with van der Waals surface area (Å²) in [6.45, 7) is 5.11. The molecule has 122 valence electrons. The van der Waals surface area contributed by atoms with E-state index < -0.39 is 0 Å². The van der Waals surface area contributed by atoms with Gasteiger partial charge in [0, 0.05) is 49.7 Å². The maximum Gasteiger partial charge on any atom is 0.222 e. The lowest BCUT2D eigenvalue weighted by molar-refractivity contribution is 0.456. The van der Waals surface area contributed by atoms with Gasteiger partial charge in [-0.25, -0.2) is 9.97 Å². The summed E-state index contributed by atoms with van der Waals surface area (Å²) in [4.78, 5) is 15.5. The van der Waals surface area contributed by atoms with Crippen LogP contribution in [0.3, 0.4) is 0 Å².